The summed E-state index contributed by atoms with van der Waals surface area (Å²) >= 11 is 0. The lowest BCUT2D eigenvalue weighted by Gasteiger charge is -2.08. The van der Waals surface area contributed by atoms with Gasteiger partial charge in [0.1, 0.15) is 5.75 Å². The number of pyridine rings is 1. The molecule has 2 N–H and O–H groups in total. The van der Waals surface area contributed by atoms with Gasteiger partial charge in [-0.2, -0.15) is 10.1 Å². The number of benzene rings is 1. The summed E-state index contributed by atoms with van der Waals surface area (Å²) < 4.78 is 5.13. The van der Waals surface area contributed by atoms with Crippen LogP contribution in [0, 0.1) is 0 Å². The quantitative estimate of drug-likeness (QED) is 0.724. The molecule has 0 aliphatic rings. The molecule has 0 unspecified atom stereocenters. The van der Waals surface area contributed by atoms with E-state index < -0.39 is 0 Å². The molecule has 0 fully saturated rings. The fourth-order valence-electron chi connectivity index (χ4n) is 1.94. The summed E-state index contributed by atoms with van der Waals surface area (Å²) in [5, 5.41) is 14.2. The van der Waals surface area contributed by atoms with E-state index >= 15 is 0 Å². The Kier molecular flexibility index (Phi) is 4.58. The Morgan fingerprint density at radius 2 is 1.83 bits per heavy atom. The fourth-order valence-corrected chi connectivity index (χ4v) is 1.94. The number of ether oxygens (including phenoxy) is 1. The molecule has 0 bridgehead atoms. The molecular formula is C16H16N6O. The van der Waals surface area contributed by atoms with Gasteiger partial charge < -0.3 is 15.4 Å². The highest BCUT2D eigenvalue weighted by molar-refractivity contribution is 5.57. The minimum absolute atomic E-state index is 0.459. The molecular weight excluding hydrogens is 292 g/mol. The maximum atomic E-state index is 5.13. The average molecular weight is 308 g/mol. The molecule has 0 saturated heterocycles. The van der Waals surface area contributed by atoms with Crippen molar-refractivity contribution in [2.75, 3.05) is 17.7 Å². The first kappa shape index (κ1) is 14.7. The fraction of sp³-hybridized carbons (Fsp3) is 0.125. The highest BCUT2D eigenvalue weighted by atomic mass is 16.5. The Morgan fingerprint density at radius 1 is 1.04 bits per heavy atom. The summed E-state index contributed by atoms with van der Waals surface area (Å²) in [7, 11) is 1.64. The number of anilines is 3. The summed E-state index contributed by atoms with van der Waals surface area (Å²) in [4.78, 5) is 8.37. The van der Waals surface area contributed by atoms with Crippen molar-refractivity contribution in [1.29, 1.82) is 0 Å². The van der Waals surface area contributed by atoms with Gasteiger partial charge in [0.15, 0.2) is 5.82 Å². The van der Waals surface area contributed by atoms with Crippen LogP contribution in [-0.2, 0) is 6.54 Å². The molecule has 0 aliphatic heterocycles. The maximum Gasteiger partial charge on any atom is 0.244 e. The molecule has 2 aromatic heterocycles. The van der Waals surface area contributed by atoms with Crippen LogP contribution in [0.25, 0.3) is 0 Å². The summed E-state index contributed by atoms with van der Waals surface area (Å²) in [6, 6.07) is 11.4. The molecule has 0 radical (unpaired) electrons. The zero-order valence-electron chi connectivity index (χ0n) is 12.6. The molecule has 3 rings (SSSR count). The number of nitrogens with one attached hydrogen (secondary N) is 2. The second kappa shape index (κ2) is 7.17. The van der Waals surface area contributed by atoms with Gasteiger partial charge in [0.05, 0.1) is 13.3 Å². The highest BCUT2D eigenvalue weighted by Gasteiger charge is 2.02. The van der Waals surface area contributed by atoms with Crippen LogP contribution < -0.4 is 15.4 Å². The first-order chi connectivity index (χ1) is 11.3. The second-order valence-corrected chi connectivity index (χ2v) is 4.73. The van der Waals surface area contributed by atoms with Crippen LogP contribution in [0.5, 0.6) is 5.75 Å². The van der Waals surface area contributed by atoms with Crippen LogP contribution in [0.3, 0.4) is 0 Å². The van der Waals surface area contributed by atoms with E-state index in [0.29, 0.717) is 18.3 Å². The van der Waals surface area contributed by atoms with E-state index in [1.54, 1.807) is 25.7 Å². The Hall–Kier alpha value is -3.22. The first-order valence-electron chi connectivity index (χ1n) is 7.07. The van der Waals surface area contributed by atoms with Crippen LogP contribution in [0.1, 0.15) is 5.56 Å². The lowest BCUT2D eigenvalue weighted by atomic mass is 10.3. The standard InChI is InChI=1S/C16H16N6O/c1-23-14-4-2-13(3-5-14)20-15-11-19-22-16(21-15)18-10-12-6-8-17-9-7-12/h2-9,11H,10H2,1H3,(H2,18,20,21,22). The molecule has 0 spiro atoms. The highest BCUT2D eigenvalue weighted by Crippen LogP contribution is 2.18. The van der Waals surface area contributed by atoms with Crippen LogP contribution in [-0.4, -0.2) is 27.3 Å². The Bertz CT molecular complexity index is 748. The second-order valence-electron chi connectivity index (χ2n) is 4.73. The average Bonchev–Trinajstić information content (AvgIpc) is 2.62. The third-order valence-corrected chi connectivity index (χ3v) is 3.12. The van der Waals surface area contributed by atoms with Crippen molar-refractivity contribution in [3.8, 4) is 5.75 Å². The minimum Gasteiger partial charge on any atom is -0.497 e. The van der Waals surface area contributed by atoms with Gasteiger partial charge in [-0.15, -0.1) is 5.10 Å². The van der Waals surface area contributed by atoms with Crippen molar-refractivity contribution < 1.29 is 4.74 Å². The smallest absolute Gasteiger partial charge is 0.244 e. The number of hydrogen-bond donors (Lipinski definition) is 2. The monoisotopic (exact) mass is 308 g/mol. The molecule has 0 saturated carbocycles. The normalized spacial score (nSPS) is 10.1. The van der Waals surface area contributed by atoms with Crippen molar-refractivity contribution >= 4 is 17.5 Å². The van der Waals surface area contributed by atoms with E-state index in [1.807, 2.05) is 36.4 Å². The van der Waals surface area contributed by atoms with E-state index in [0.717, 1.165) is 17.0 Å². The van der Waals surface area contributed by atoms with Gasteiger partial charge in [0, 0.05) is 24.6 Å². The van der Waals surface area contributed by atoms with Gasteiger partial charge in [-0.05, 0) is 42.0 Å². The van der Waals surface area contributed by atoms with Crippen molar-refractivity contribution in [3.05, 3.63) is 60.6 Å². The van der Waals surface area contributed by atoms with E-state index in [9.17, 15) is 0 Å². The maximum absolute atomic E-state index is 5.13. The van der Waals surface area contributed by atoms with E-state index in [4.69, 9.17) is 4.74 Å². The number of rotatable bonds is 6. The van der Waals surface area contributed by atoms with E-state index in [-0.39, 0.29) is 0 Å². The largest absolute Gasteiger partial charge is 0.497 e. The third-order valence-electron chi connectivity index (χ3n) is 3.12. The van der Waals surface area contributed by atoms with Gasteiger partial charge in [0.2, 0.25) is 5.95 Å². The molecule has 23 heavy (non-hydrogen) atoms. The van der Waals surface area contributed by atoms with Crippen molar-refractivity contribution in [3.63, 3.8) is 0 Å². The van der Waals surface area contributed by atoms with Crippen LogP contribution in [0.2, 0.25) is 0 Å². The van der Waals surface area contributed by atoms with Gasteiger partial charge in [0.25, 0.3) is 0 Å². The van der Waals surface area contributed by atoms with E-state index in [2.05, 4.69) is 30.8 Å². The van der Waals surface area contributed by atoms with Gasteiger partial charge in [-0.3, -0.25) is 4.98 Å². The van der Waals surface area contributed by atoms with Gasteiger partial charge in [-0.25, -0.2) is 0 Å². The molecule has 3 aromatic rings. The predicted octanol–water partition coefficient (Wildman–Crippen LogP) is 2.63. The molecule has 0 amide bonds. The summed E-state index contributed by atoms with van der Waals surface area (Å²) in [5.41, 5.74) is 1.99. The summed E-state index contributed by atoms with van der Waals surface area (Å²) in [6.45, 7) is 0.607. The van der Waals surface area contributed by atoms with E-state index in [1.165, 1.54) is 0 Å². The molecule has 0 atom stereocenters. The molecule has 116 valence electrons. The number of hydrogen-bond acceptors (Lipinski definition) is 7. The molecule has 7 nitrogen and oxygen atoms in total. The van der Waals surface area contributed by atoms with Crippen LogP contribution in [0.4, 0.5) is 17.5 Å². The van der Waals surface area contributed by atoms with Crippen molar-refractivity contribution in [2.45, 2.75) is 6.54 Å². The molecule has 0 aliphatic carbocycles. The Balaban J connectivity index is 1.64. The lowest BCUT2D eigenvalue weighted by Crippen LogP contribution is -2.06. The number of methoxy groups -OCH3 is 1. The number of nitrogens with zero attached hydrogens (tertiary/aromatic N) is 4. The summed E-state index contributed by atoms with van der Waals surface area (Å²) in [6.07, 6.45) is 5.07. The Morgan fingerprint density at radius 3 is 2.57 bits per heavy atom. The number of aromatic nitrogens is 4. The zero-order chi connectivity index (χ0) is 15.9. The van der Waals surface area contributed by atoms with Gasteiger partial charge >= 0.3 is 0 Å². The Labute approximate surface area is 133 Å². The molecule has 1 aromatic carbocycles. The molecule has 7 heteroatoms. The van der Waals surface area contributed by atoms with Gasteiger partial charge in [-0.1, -0.05) is 0 Å². The minimum atomic E-state index is 0.459. The zero-order valence-corrected chi connectivity index (χ0v) is 12.6. The predicted molar refractivity (Wildman–Crippen MR) is 87.7 cm³/mol. The summed E-state index contributed by atoms with van der Waals surface area (Å²) in [5.74, 6) is 1.87. The van der Waals surface area contributed by atoms with Crippen molar-refractivity contribution in [1.82, 2.24) is 20.2 Å². The lowest BCUT2D eigenvalue weighted by molar-refractivity contribution is 0.415. The first-order valence-corrected chi connectivity index (χ1v) is 7.07. The van der Waals surface area contributed by atoms with Crippen LogP contribution in [0.15, 0.2) is 55.0 Å². The van der Waals surface area contributed by atoms with Crippen molar-refractivity contribution in [2.24, 2.45) is 0 Å². The SMILES string of the molecule is COc1ccc(Nc2cnnc(NCc3ccncc3)n2)cc1. The third kappa shape index (κ3) is 4.13. The molecule has 2 heterocycles. The topological polar surface area (TPSA) is 84.9 Å². The van der Waals surface area contributed by atoms with Crippen LogP contribution >= 0.6 is 0 Å².